The predicted octanol–water partition coefficient (Wildman–Crippen LogP) is 5.52. The molecule has 4 aliphatic rings. The van der Waals surface area contributed by atoms with Gasteiger partial charge in [-0.2, -0.15) is 0 Å². The number of aryl methyl sites for hydroxylation is 1. The zero-order valence-corrected chi connectivity index (χ0v) is 28.6. The summed E-state index contributed by atoms with van der Waals surface area (Å²) in [6.07, 6.45) is 9.08. The molecule has 3 aliphatic heterocycles. The van der Waals surface area contributed by atoms with Crippen molar-refractivity contribution in [2.45, 2.75) is 45.7 Å². The topological polar surface area (TPSA) is 55.3 Å². The molecule has 1 aromatic heterocycles. The second kappa shape index (κ2) is 14.6. The minimum absolute atomic E-state index is 0.00739. The second-order valence-corrected chi connectivity index (χ2v) is 13.9. The van der Waals surface area contributed by atoms with E-state index in [1.807, 2.05) is 52.3 Å². The number of fused-ring (bicyclic) bond motifs is 2. The van der Waals surface area contributed by atoms with Crippen LogP contribution in [-0.4, -0.2) is 108 Å². The normalized spacial score (nSPS) is 19.3. The number of benzene rings is 2. The zero-order chi connectivity index (χ0) is 33.0. The maximum atomic E-state index is 14.2. The molecule has 0 unspecified atom stereocenters. The lowest BCUT2D eigenvalue weighted by Gasteiger charge is -2.38. The van der Waals surface area contributed by atoms with Gasteiger partial charge in [0.25, 0.3) is 11.8 Å². The summed E-state index contributed by atoms with van der Waals surface area (Å²) in [7, 11) is 0. The van der Waals surface area contributed by atoms with Gasteiger partial charge in [0, 0.05) is 88.9 Å². The van der Waals surface area contributed by atoms with Crippen LogP contribution < -0.4 is 4.90 Å². The molecule has 2 saturated heterocycles. The number of nitrogens with zero attached hydrogens (tertiary/aromatic N) is 6. The van der Waals surface area contributed by atoms with Crippen LogP contribution in [0.25, 0.3) is 5.57 Å². The lowest BCUT2D eigenvalue weighted by molar-refractivity contribution is 0.0597. The van der Waals surface area contributed by atoms with Gasteiger partial charge in [0.15, 0.2) is 0 Å². The fourth-order valence-corrected chi connectivity index (χ4v) is 7.92. The fourth-order valence-electron chi connectivity index (χ4n) is 7.92. The van der Waals surface area contributed by atoms with Crippen molar-refractivity contribution >= 4 is 23.1 Å². The number of allylic oxidation sites excluding steroid dienone is 2. The molecular weight excluding hydrogens is 596 g/mol. The number of rotatable bonds is 8. The first-order valence-corrected chi connectivity index (χ1v) is 17.9. The Morgan fingerprint density at radius 2 is 1.52 bits per heavy atom. The van der Waals surface area contributed by atoms with Crippen LogP contribution >= 0.6 is 0 Å². The summed E-state index contributed by atoms with van der Waals surface area (Å²) < 4.78 is 2.14. The van der Waals surface area contributed by atoms with Gasteiger partial charge in [-0.3, -0.25) is 24.3 Å². The molecule has 0 bridgehead atoms. The van der Waals surface area contributed by atoms with E-state index in [9.17, 15) is 9.59 Å². The van der Waals surface area contributed by atoms with E-state index in [4.69, 9.17) is 0 Å². The maximum absolute atomic E-state index is 14.2. The van der Waals surface area contributed by atoms with Crippen molar-refractivity contribution in [3.63, 3.8) is 0 Å². The fraction of sp³-hybridized carbons (Fsp3) is 0.450. The van der Waals surface area contributed by atoms with Crippen LogP contribution in [0.3, 0.4) is 0 Å². The predicted molar refractivity (Wildman–Crippen MR) is 194 cm³/mol. The molecule has 3 aromatic rings. The van der Waals surface area contributed by atoms with Gasteiger partial charge in [0.05, 0.1) is 13.1 Å². The number of hydrogen-bond acceptors (Lipinski definition) is 5. The van der Waals surface area contributed by atoms with Crippen LogP contribution in [0.2, 0.25) is 0 Å². The summed E-state index contributed by atoms with van der Waals surface area (Å²) in [4.78, 5) is 39.6. The Labute approximate surface area is 285 Å². The molecular formula is C40H50N6O2. The number of piperazine rings is 2. The van der Waals surface area contributed by atoms with E-state index in [1.54, 1.807) is 0 Å². The van der Waals surface area contributed by atoms with Gasteiger partial charge in [0.1, 0.15) is 5.69 Å². The molecule has 48 heavy (non-hydrogen) atoms. The molecule has 7 rings (SSSR count). The molecule has 2 aromatic carbocycles. The van der Waals surface area contributed by atoms with E-state index in [0.29, 0.717) is 24.3 Å². The molecule has 2 fully saturated rings. The SMILES string of the molecule is C=CCN1CCN(CCN2CCN(C(=O)c3ccc4n3Cc3ccccc3N(C(=O)c3ccc(C5=CCCCC5)c(C)c3)C4)CC2)CC1. The Kier molecular flexibility index (Phi) is 9.93. The highest BCUT2D eigenvalue weighted by Crippen LogP contribution is 2.33. The van der Waals surface area contributed by atoms with Gasteiger partial charge in [-0.25, -0.2) is 0 Å². The molecule has 0 saturated carbocycles. The third-order valence-electron chi connectivity index (χ3n) is 10.8. The number of para-hydroxylation sites is 1. The van der Waals surface area contributed by atoms with Crippen LogP contribution in [0.15, 0.2) is 73.3 Å². The average Bonchev–Trinajstić information content (AvgIpc) is 3.44. The monoisotopic (exact) mass is 646 g/mol. The number of aromatic nitrogens is 1. The summed E-state index contributed by atoms with van der Waals surface area (Å²) in [6.45, 7) is 17.8. The Morgan fingerprint density at radius 1 is 0.792 bits per heavy atom. The highest BCUT2D eigenvalue weighted by molar-refractivity contribution is 6.07. The van der Waals surface area contributed by atoms with Gasteiger partial charge in [0.2, 0.25) is 0 Å². The zero-order valence-electron chi connectivity index (χ0n) is 28.6. The second-order valence-electron chi connectivity index (χ2n) is 13.9. The number of anilines is 1. The Morgan fingerprint density at radius 3 is 2.23 bits per heavy atom. The molecule has 252 valence electrons. The lowest BCUT2D eigenvalue weighted by atomic mass is 9.90. The molecule has 0 radical (unpaired) electrons. The third kappa shape index (κ3) is 6.93. The van der Waals surface area contributed by atoms with E-state index >= 15 is 0 Å². The van der Waals surface area contributed by atoms with Crippen molar-refractivity contribution in [1.82, 2.24) is 24.2 Å². The van der Waals surface area contributed by atoms with E-state index in [2.05, 4.69) is 57.0 Å². The maximum Gasteiger partial charge on any atom is 0.270 e. The molecule has 4 heterocycles. The smallest absolute Gasteiger partial charge is 0.270 e. The van der Waals surface area contributed by atoms with Gasteiger partial charge in [-0.15, -0.1) is 6.58 Å². The molecule has 0 spiro atoms. The van der Waals surface area contributed by atoms with Gasteiger partial charge >= 0.3 is 0 Å². The minimum atomic E-state index is -0.00739. The average molecular weight is 647 g/mol. The number of carbonyl (C=O) groups excluding carboxylic acids is 2. The Bertz CT molecular complexity index is 1670. The Balaban J connectivity index is 1.02. The van der Waals surface area contributed by atoms with Crippen molar-refractivity contribution in [2.75, 3.05) is 76.9 Å². The lowest BCUT2D eigenvalue weighted by Crippen LogP contribution is -2.52. The standard InChI is InChI=1S/C40H50N6O2/c1-3-17-41-18-20-42(21-19-41)22-23-43-24-26-44(27-25-43)40(48)38-16-14-35-30-46(37-12-8-7-11-34(37)29-45(35)38)39(47)33-13-15-36(31(2)28-33)32-9-5-4-6-10-32/h3,7-9,11-16,28H,1,4-6,10,17-27,29-30H2,2H3. The summed E-state index contributed by atoms with van der Waals surface area (Å²) in [5.41, 5.74) is 8.17. The van der Waals surface area contributed by atoms with Crippen LogP contribution in [0.5, 0.6) is 0 Å². The quantitative estimate of drug-likeness (QED) is 0.302. The molecule has 8 heteroatoms. The molecule has 8 nitrogen and oxygen atoms in total. The first-order chi connectivity index (χ1) is 23.5. The number of carbonyl (C=O) groups is 2. The largest absolute Gasteiger partial charge is 0.335 e. The molecule has 2 amide bonds. The van der Waals surface area contributed by atoms with Crippen molar-refractivity contribution < 1.29 is 9.59 Å². The van der Waals surface area contributed by atoms with Crippen LogP contribution in [0.1, 0.15) is 68.9 Å². The van der Waals surface area contributed by atoms with E-state index in [0.717, 1.165) is 107 Å². The van der Waals surface area contributed by atoms with Gasteiger partial charge < -0.3 is 14.4 Å². The van der Waals surface area contributed by atoms with Crippen molar-refractivity contribution in [2.24, 2.45) is 0 Å². The number of amides is 2. The highest BCUT2D eigenvalue weighted by atomic mass is 16.2. The molecule has 0 N–H and O–H groups in total. The van der Waals surface area contributed by atoms with Gasteiger partial charge in [-0.05, 0) is 85.2 Å². The first-order valence-electron chi connectivity index (χ1n) is 17.9. The van der Waals surface area contributed by atoms with Crippen molar-refractivity contribution in [1.29, 1.82) is 0 Å². The van der Waals surface area contributed by atoms with E-state index in [1.165, 1.54) is 24.0 Å². The minimum Gasteiger partial charge on any atom is -0.335 e. The number of hydrogen-bond donors (Lipinski definition) is 0. The van der Waals surface area contributed by atoms with Crippen LogP contribution in [0, 0.1) is 6.92 Å². The van der Waals surface area contributed by atoms with Crippen molar-refractivity contribution in [3.05, 3.63) is 107 Å². The summed E-state index contributed by atoms with van der Waals surface area (Å²) in [5, 5.41) is 0. The first kappa shape index (κ1) is 32.6. The molecule has 0 atom stereocenters. The van der Waals surface area contributed by atoms with Crippen molar-refractivity contribution in [3.8, 4) is 0 Å². The summed E-state index contributed by atoms with van der Waals surface area (Å²) in [6, 6.07) is 18.3. The third-order valence-corrected chi connectivity index (χ3v) is 10.8. The molecule has 1 aliphatic carbocycles. The summed E-state index contributed by atoms with van der Waals surface area (Å²) in [5.74, 6) is 0.0757. The van der Waals surface area contributed by atoms with E-state index < -0.39 is 0 Å². The highest BCUT2D eigenvalue weighted by Gasteiger charge is 2.30. The van der Waals surface area contributed by atoms with Crippen LogP contribution in [0.4, 0.5) is 5.69 Å². The Hall–Kier alpha value is -3.98. The summed E-state index contributed by atoms with van der Waals surface area (Å²) >= 11 is 0. The van der Waals surface area contributed by atoms with Crippen LogP contribution in [-0.2, 0) is 13.1 Å². The van der Waals surface area contributed by atoms with E-state index in [-0.39, 0.29) is 11.8 Å². The van der Waals surface area contributed by atoms with Gasteiger partial charge in [-0.1, -0.05) is 36.4 Å².